The second-order valence-corrected chi connectivity index (χ2v) is 4.13. The Labute approximate surface area is 101 Å². The molecule has 2 N–H and O–H groups in total. The van der Waals surface area contributed by atoms with Gasteiger partial charge >= 0.3 is 5.97 Å². The third-order valence-electron chi connectivity index (χ3n) is 2.88. The number of carbonyl (C=O) groups is 1. The Morgan fingerprint density at radius 1 is 1.35 bits per heavy atom. The van der Waals surface area contributed by atoms with E-state index in [4.69, 9.17) is 10.5 Å². The number of benzene rings is 1. The summed E-state index contributed by atoms with van der Waals surface area (Å²) >= 11 is 0. The van der Waals surface area contributed by atoms with Crippen molar-refractivity contribution < 1.29 is 9.53 Å². The summed E-state index contributed by atoms with van der Waals surface area (Å²) in [5.74, 6) is -0.407. The van der Waals surface area contributed by atoms with Gasteiger partial charge in [-0.25, -0.2) is 4.79 Å². The van der Waals surface area contributed by atoms with Gasteiger partial charge in [-0.3, -0.25) is 0 Å². The lowest BCUT2D eigenvalue weighted by Crippen LogP contribution is -2.47. The highest BCUT2D eigenvalue weighted by Crippen LogP contribution is 2.29. The SMILES string of the molecule is COC(=O)C1(N)C=CC=C(c2ccccc2)C1. The number of methoxy groups -OCH3 is 1. The molecule has 1 aromatic rings. The van der Waals surface area contributed by atoms with Crippen molar-refractivity contribution in [3.05, 3.63) is 54.1 Å². The summed E-state index contributed by atoms with van der Waals surface area (Å²) in [5.41, 5.74) is 7.11. The predicted octanol–water partition coefficient (Wildman–Crippen LogP) is 1.90. The van der Waals surface area contributed by atoms with Gasteiger partial charge in [0.15, 0.2) is 0 Å². The van der Waals surface area contributed by atoms with Gasteiger partial charge in [0, 0.05) is 6.42 Å². The average molecular weight is 229 g/mol. The van der Waals surface area contributed by atoms with E-state index >= 15 is 0 Å². The number of rotatable bonds is 2. The molecular weight excluding hydrogens is 214 g/mol. The van der Waals surface area contributed by atoms with Gasteiger partial charge in [-0.05, 0) is 11.1 Å². The van der Waals surface area contributed by atoms with Gasteiger partial charge in [0.05, 0.1) is 7.11 Å². The Kier molecular flexibility index (Phi) is 3.11. The van der Waals surface area contributed by atoms with Crippen LogP contribution in [0.15, 0.2) is 48.6 Å². The van der Waals surface area contributed by atoms with E-state index in [0.29, 0.717) is 6.42 Å². The molecule has 1 aromatic carbocycles. The molecule has 2 rings (SSSR count). The first-order chi connectivity index (χ1) is 8.15. The summed E-state index contributed by atoms with van der Waals surface area (Å²) in [7, 11) is 1.35. The Hall–Kier alpha value is -1.87. The number of hydrogen-bond donors (Lipinski definition) is 1. The minimum atomic E-state index is -1.05. The molecule has 17 heavy (non-hydrogen) atoms. The van der Waals surface area contributed by atoms with Crippen molar-refractivity contribution in [1.29, 1.82) is 0 Å². The fourth-order valence-corrected chi connectivity index (χ4v) is 1.95. The molecule has 0 aromatic heterocycles. The molecule has 1 aliphatic rings. The highest BCUT2D eigenvalue weighted by Gasteiger charge is 2.34. The van der Waals surface area contributed by atoms with E-state index in [1.165, 1.54) is 7.11 Å². The predicted molar refractivity (Wildman–Crippen MR) is 67.1 cm³/mol. The zero-order valence-corrected chi connectivity index (χ0v) is 9.72. The van der Waals surface area contributed by atoms with Crippen molar-refractivity contribution in [2.45, 2.75) is 12.0 Å². The summed E-state index contributed by atoms with van der Waals surface area (Å²) in [6.07, 6.45) is 5.93. The lowest BCUT2D eigenvalue weighted by molar-refractivity contribution is -0.144. The van der Waals surface area contributed by atoms with Gasteiger partial charge in [0.1, 0.15) is 5.54 Å². The molecule has 0 saturated heterocycles. The van der Waals surface area contributed by atoms with Crippen LogP contribution in [0.3, 0.4) is 0 Å². The second-order valence-electron chi connectivity index (χ2n) is 4.13. The van der Waals surface area contributed by atoms with E-state index in [1.807, 2.05) is 42.5 Å². The first-order valence-corrected chi connectivity index (χ1v) is 5.47. The summed E-state index contributed by atoms with van der Waals surface area (Å²) in [4.78, 5) is 11.6. The van der Waals surface area contributed by atoms with Gasteiger partial charge in [-0.2, -0.15) is 0 Å². The fraction of sp³-hybridized carbons (Fsp3) is 0.214. The zero-order valence-electron chi connectivity index (χ0n) is 9.72. The normalized spacial score (nSPS) is 23.1. The number of carbonyl (C=O) groups excluding carboxylic acids is 1. The van der Waals surface area contributed by atoms with E-state index in [0.717, 1.165) is 11.1 Å². The monoisotopic (exact) mass is 229 g/mol. The zero-order chi connectivity index (χ0) is 12.3. The van der Waals surface area contributed by atoms with Crippen LogP contribution in [0, 0.1) is 0 Å². The highest BCUT2D eigenvalue weighted by molar-refractivity contribution is 5.88. The van der Waals surface area contributed by atoms with Crippen molar-refractivity contribution in [2.24, 2.45) is 5.73 Å². The molecule has 3 nitrogen and oxygen atoms in total. The molecule has 1 unspecified atom stereocenters. The van der Waals surface area contributed by atoms with Crippen LogP contribution in [0.2, 0.25) is 0 Å². The van der Waals surface area contributed by atoms with Crippen LogP contribution in [0.5, 0.6) is 0 Å². The van der Waals surface area contributed by atoms with Crippen LogP contribution >= 0.6 is 0 Å². The van der Waals surface area contributed by atoms with Crippen LogP contribution < -0.4 is 5.73 Å². The first-order valence-electron chi connectivity index (χ1n) is 5.47. The van der Waals surface area contributed by atoms with Crippen LogP contribution in [-0.4, -0.2) is 18.6 Å². The van der Waals surface area contributed by atoms with Gasteiger partial charge in [-0.15, -0.1) is 0 Å². The van der Waals surface area contributed by atoms with Crippen molar-refractivity contribution in [3.8, 4) is 0 Å². The van der Waals surface area contributed by atoms with E-state index in [9.17, 15) is 4.79 Å². The molecule has 0 amide bonds. The number of hydrogen-bond acceptors (Lipinski definition) is 3. The number of ether oxygens (including phenoxy) is 1. The number of allylic oxidation sites excluding steroid dienone is 2. The lowest BCUT2D eigenvalue weighted by Gasteiger charge is -2.26. The van der Waals surface area contributed by atoms with Crippen molar-refractivity contribution in [2.75, 3.05) is 7.11 Å². The van der Waals surface area contributed by atoms with Gasteiger partial charge in [0.25, 0.3) is 0 Å². The minimum Gasteiger partial charge on any atom is -0.467 e. The summed E-state index contributed by atoms with van der Waals surface area (Å²) < 4.78 is 4.73. The van der Waals surface area contributed by atoms with Crippen LogP contribution in [0.25, 0.3) is 5.57 Å². The topological polar surface area (TPSA) is 52.3 Å². The summed E-state index contributed by atoms with van der Waals surface area (Å²) in [6, 6.07) is 9.89. The maximum Gasteiger partial charge on any atom is 0.330 e. The molecular formula is C14H15NO2. The standard InChI is InChI=1S/C14H15NO2/c1-17-13(16)14(15)9-5-8-12(10-14)11-6-3-2-4-7-11/h2-9H,10,15H2,1H3. The molecule has 1 atom stereocenters. The number of nitrogens with two attached hydrogens (primary N) is 1. The molecule has 0 bridgehead atoms. The van der Waals surface area contributed by atoms with E-state index in [1.54, 1.807) is 6.08 Å². The number of esters is 1. The molecule has 1 aliphatic carbocycles. The Balaban J connectivity index is 2.27. The molecule has 0 radical (unpaired) electrons. The fourth-order valence-electron chi connectivity index (χ4n) is 1.95. The molecule has 88 valence electrons. The molecule has 0 fully saturated rings. The quantitative estimate of drug-likeness (QED) is 0.788. The lowest BCUT2D eigenvalue weighted by atomic mass is 9.84. The minimum absolute atomic E-state index is 0.407. The van der Waals surface area contributed by atoms with Gasteiger partial charge < -0.3 is 10.5 Å². The molecule has 0 heterocycles. The third kappa shape index (κ3) is 2.29. The van der Waals surface area contributed by atoms with E-state index in [-0.39, 0.29) is 0 Å². The maximum atomic E-state index is 11.6. The molecule has 3 heteroatoms. The largest absolute Gasteiger partial charge is 0.467 e. The molecule has 0 saturated carbocycles. The first kappa shape index (κ1) is 11.6. The van der Waals surface area contributed by atoms with E-state index in [2.05, 4.69) is 0 Å². The van der Waals surface area contributed by atoms with Gasteiger partial charge in [-0.1, -0.05) is 48.6 Å². The van der Waals surface area contributed by atoms with Gasteiger partial charge in [0.2, 0.25) is 0 Å². The Bertz CT molecular complexity index is 476. The highest BCUT2D eigenvalue weighted by atomic mass is 16.5. The molecule has 0 aliphatic heterocycles. The van der Waals surface area contributed by atoms with Crippen LogP contribution in [0.1, 0.15) is 12.0 Å². The third-order valence-corrected chi connectivity index (χ3v) is 2.88. The maximum absolute atomic E-state index is 11.6. The Morgan fingerprint density at radius 3 is 2.71 bits per heavy atom. The van der Waals surface area contributed by atoms with Crippen molar-refractivity contribution in [1.82, 2.24) is 0 Å². The van der Waals surface area contributed by atoms with Crippen LogP contribution in [0.4, 0.5) is 0 Å². The van der Waals surface area contributed by atoms with Crippen molar-refractivity contribution >= 4 is 11.5 Å². The van der Waals surface area contributed by atoms with E-state index < -0.39 is 11.5 Å². The summed E-state index contributed by atoms with van der Waals surface area (Å²) in [6.45, 7) is 0. The second kappa shape index (κ2) is 4.55. The average Bonchev–Trinajstić information content (AvgIpc) is 2.39. The van der Waals surface area contributed by atoms with Crippen molar-refractivity contribution in [3.63, 3.8) is 0 Å². The summed E-state index contributed by atoms with van der Waals surface area (Å²) in [5, 5.41) is 0. The van der Waals surface area contributed by atoms with Crippen LogP contribution in [-0.2, 0) is 9.53 Å². The Morgan fingerprint density at radius 2 is 2.06 bits per heavy atom. The smallest absolute Gasteiger partial charge is 0.330 e. The molecule has 0 spiro atoms.